The fourth-order valence-corrected chi connectivity index (χ4v) is 3.29. The van der Waals surface area contributed by atoms with E-state index in [4.69, 9.17) is 9.47 Å². The third-order valence-corrected chi connectivity index (χ3v) is 4.67. The molecule has 0 spiro atoms. The highest BCUT2D eigenvalue weighted by atomic mass is 32.1. The van der Waals surface area contributed by atoms with Crippen LogP contribution in [0.4, 0.5) is 17.3 Å². The van der Waals surface area contributed by atoms with Gasteiger partial charge in [0.1, 0.15) is 0 Å². The third-order valence-electron chi connectivity index (χ3n) is 4.39. The molecule has 8 heteroatoms. The minimum absolute atomic E-state index is 0.108. The molecule has 2 heterocycles. The van der Waals surface area contributed by atoms with E-state index < -0.39 is 0 Å². The van der Waals surface area contributed by atoms with Crippen molar-refractivity contribution in [2.24, 2.45) is 0 Å². The minimum atomic E-state index is -0.108. The topological polar surface area (TPSA) is 85.4 Å². The van der Waals surface area contributed by atoms with Crippen molar-refractivity contribution in [1.29, 1.82) is 0 Å². The highest BCUT2D eigenvalue weighted by Gasteiger charge is 2.21. The van der Waals surface area contributed by atoms with Crippen molar-refractivity contribution in [2.45, 2.75) is 11.3 Å². The number of carbonyl (C=O) groups excluding carboxylic acids is 1. The van der Waals surface area contributed by atoms with Crippen molar-refractivity contribution in [3.63, 3.8) is 0 Å². The molecule has 3 aromatic rings. The zero-order valence-electron chi connectivity index (χ0n) is 15.3. The molecule has 1 aliphatic heterocycles. The minimum Gasteiger partial charge on any atom is -0.493 e. The van der Waals surface area contributed by atoms with Crippen LogP contribution in [0.15, 0.2) is 47.5 Å². The highest BCUT2D eigenvalue weighted by molar-refractivity contribution is 7.80. The van der Waals surface area contributed by atoms with E-state index >= 15 is 0 Å². The molecule has 0 unspecified atom stereocenters. The number of hydrogen-bond acceptors (Lipinski definition) is 7. The Morgan fingerprint density at radius 2 is 1.93 bits per heavy atom. The molecule has 0 bridgehead atoms. The van der Waals surface area contributed by atoms with Crippen LogP contribution in [0.1, 0.15) is 5.56 Å². The Bertz CT molecular complexity index is 1070. The molecule has 2 aromatic carbocycles. The molecule has 4 rings (SSSR count). The largest absolute Gasteiger partial charge is 0.493 e. The Hall–Kier alpha value is -3.26. The highest BCUT2D eigenvalue weighted by Crippen LogP contribution is 2.35. The van der Waals surface area contributed by atoms with Gasteiger partial charge in [-0.3, -0.25) is 4.79 Å². The predicted octanol–water partition coefficient (Wildman–Crippen LogP) is 3.69. The first-order valence-electron chi connectivity index (χ1n) is 8.55. The van der Waals surface area contributed by atoms with Gasteiger partial charge in [-0.05, 0) is 30.3 Å². The Kier molecular flexibility index (Phi) is 4.79. The van der Waals surface area contributed by atoms with Crippen LogP contribution < -0.4 is 20.1 Å². The number of ether oxygens (including phenoxy) is 2. The summed E-state index contributed by atoms with van der Waals surface area (Å²) in [6.45, 7) is 0. The van der Waals surface area contributed by atoms with Gasteiger partial charge < -0.3 is 20.1 Å². The normalized spacial score (nSPS) is 12.3. The summed E-state index contributed by atoms with van der Waals surface area (Å²) in [6.07, 6.45) is 1.89. The number of fused-ring (bicyclic) bond motifs is 3. The van der Waals surface area contributed by atoms with E-state index in [9.17, 15) is 4.79 Å². The van der Waals surface area contributed by atoms with Gasteiger partial charge in [-0.25, -0.2) is 9.97 Å². The number of hydrogen-bond donors (Lipinski definition) is 3. The summed E-state index contributed by atoms with van der Waals surface area (Å²) in [5, 5.41) is 6.08. The Labute approximate surface area is 167 Å². The first-order valence-corrected chi connectivity index (χ1v) is 9.00. The van der Waals surface area contributed by atoms with Crippen LogP contribution in [0.3, 0.4) is 0 Å². The molecule has 28 heavy (non-hydrogen) atoms. The van der Waals surface area contributed by atoms with Crippen LogP contribution >= 0.6 is 12.6 Å². The van der Waals surface area contributed by atoms with Gasteiger partial charge >= 0.3 is 0 Å². The van der Waals surface area contributed by atoms with Gasteiger partial charge in [-0.1, -0.05) is 0 Å². The summed E-state index contributed by atoms with van der Waals surface area (Å²) >= 11 is 4.36. The number of rotatable bonds is 4. The second kappa shape index (κ2) is 7.40. The fraction of sp³-hybridized carbons (Fsp3) is 0.150. The lowest BCUT2D eigenvalue weighted by molar-refractivity contribution is -0.115. The fourth-order valence-electron chi connectivity index (χ4n) is 3.08. The number of amides is 1. The molecule has 0 saturated heterocycles. The number of methoxy groups -OCH3 is 2. The standard InChI is InChI=1S/C20H18N4O3S/c1-26-16-6-3-12(8-17(16)27-2)22-20-21-10-11-7-18(25)23-15-9-13(28)4-5-14(15)19(11)24-20/h3-6,8-10,28H,7H2,1-2H3,(H,23,25)(H,21,22,24). The average molecular weight is 394 g/mol. The molecule has 0 saturated carbocycles. The van der Waals surface area contributed by atoms with Crippen molar-refractivity contribution in [3.8, 4) is 22.8 Å². The van der Waals surface area contributed by atoms with E-state index in [2.05, 4.69) is 33.2 Å². The summed E-state index contributed by atoms with van der Waals surface area (Å²) in [6, 6.07) is 11.0. The molecule has 142 valence electrons. The lowest BCUT2D eigenvalue weighted by Crippen LogP contribution is -2.12. The van der Waals surface area contributed by atoms with E-state index in [-0.39, 0.29) is 12.3 Å². The van der Waals surface area contributed by atoms with Gasteiger partial charge in [-0.15, -0.1) is 12.6 Å². The maximum absolute atomic E-state index is 12.2. The number of carbonyl (C=O) groups is 1. The summed E-state index contributed by atoms with van der Waals surface area (Å²) in [5.74, 6) is 1.55. The Morgan fingerprint density at radius 1 is 1.11 bits per heavy atom. The second-order valence-corrected chi connectivity index (χ2v) is 6.73. The second-order valence-electron chi connectivity index (χ2n) is 6.22. The van der Waals surface area contributed by atoms with Crippen LogP contribution in [0.2, 0.25) is 0 Å². The van der Waals surface area contributed by atoms with Crippen molar-refractivity contribution in [2.75, 3.05) is 24.9 Å². The van der Waals surface area contributed by atoms with Crippen molar-refractivity contribution in [1.82, 2.24) is 9.97 Å². The number of nitrogens with one attached hydrogen (secondary N) is 2. The molecule has 1 amide bonds. The van der Waals surface area contributed by atoms with E-state index in [1.165, 1.54) is 0 Å². The van der Waals surface area contributed by atoms with E-state index in [1.54, 1.807) is 32.5 Å². The van der Waals surface area contributed by atoms with Crippen LogP contribution in [0.5, 0.6) is 11.5 Å². The lowest BCUT2D eigenvalue weighted by atomic mass is 10.1. The summed E-state index contributed by atoms with van der Waals surface area (Å²) in [4.78, 5) is 22.0. The number of benzene rings is 2. The monoisotopic (exact) mass is 394 g/mol. The summed E-state index contributed by atoms with van der Waals surface area (Å²) in [5.41, 5.74) is 3.75. The van der Waals surface area contributed by atoms with Crippen molar-refractivity contribution >= 4 is 35.9 Å². The Morgan fingerprint density at radius 3 is 2.71 bits per heavy atom. The molecule has 0 fully saturated rings. The van der Waals surface area contributed by atoms with E-state index in [0.29, 0.717) is 28.8 Å². The maximum atomic E-state index is 12.2. The SMILES string of the molecule is COc1ccc(Nc2ncc3c(n2)-c2ccc(S)cc2NC(=O)C3)cc1OC. The molecule has 0 atom stereocenters. The molecule has 7 nitrogen and oxygen atoms in total. The molecular formula is C20H18N4O3S. The van der Waals surface area contributed by atoms with Gasteiger partial charge in [-0.2, -0.15) is 0 Å². The van der Waals surface area contributed by atoms with Gasteiger partial charge in [0.2, 0.25) is 11.9 Å². The van der Waals surface area contributed by atoms with Crippen LogP contribution in [0.25, 0.3) is 11.3 Å². The van der Waals surface area contributed by atoms with Gasteiger partial charge in [0.25, 0.3) is 0 Å². The Balaban J connectivity index is 1.73. The number of nitrogens with zero attached hydrogens (tertiary/aromatic N) is 2. The quantitative estimate of drug-likeness (QED) is 0.585. The van der Waals surface area contributed by atoms with Crippen LogP contribution in [0, 0.1) is 0 Å². The molecule has 0 radical (unpaired) electrons. The summed E-state index contributed by atoms with van der Waals surface area (Å²) in [7, 11) is 3.17. The first-order chi connectivity index (χ1) is 13.6. The smallest absolute Gasteiger partial charge is 0.228 e. The van der Waals surface area contributed by atoms with Crippen molar-refractivity contribution < 1.29 is 14.3 Å². The van der Waals surface area contributed by atoms with Gasteiger partial charge in [0.05, 0.1) is 32.0 Å². The van der Waals surface area contributed by atoms with Crippen LogP contribution in [-0.4, -0.2) is 30.1 Å². The van der Waals surface area contributed by atoms with E-state index in [0.717, 1.165) is 21.7 Å². The number of aromatic nitrogens is 2. The van der Waals surface area contributed by atoms with Gasteiger partial charge in [0, 0.05) is 34.0 Å². The number of thiol groups is 1. The molecular weight excluding hydrogens is 376 g/mol. The lowest BCUT2D eigenvalue weighted by Gasteiger charge is -2.12. The third kappa shape index (κ3) is 3.46. The maximum Gasteiger partial charge on any atom is 0.228 e. The van der Waals surface area contributed by atoms with Crippen LogP contribution in [-0.2, 0) is 11.2 Å². The predicted molar refractivity (Wildman–Crippen MR) is 110 cm³/mol. The average Bonchev–Trinajstić information content (AvgIpc) is 2.82. The van der Waals surface area contributed by atoms with E-state index in [1.807, 2.05) is 24.3 Å². The number of anilines is 3. The molecule has 1 aromatic heterocycles. The summed E-state index contributed by atoms with van der Waals surface area (Å²) < 4.78 is 10.6. The van der Waals surface area contributed by atoms with Crippen molar-refractivity contribution in [3.05, 3.63) is 48.2 Å². The first kappa shape index (κ1) is 18.1. The van der Waals surface area contributed by atoms with Gasteiger partial charge in [0.15, 0.2) is 11.5 Å². The molecule has 1 aliphatic rings. The zero-order valence-corrected chi connectivity index (χ0v) is 16.2. The molecule has 2 N–H and O–H groups in total. The zero-order chi connectivity index (χ0) is 19.7. The molecule has 0 aliphatic carbocycles.